The summed E-state index contributed by atoms with van der Waals surface area (Å²) in [6.45, 7) is 0. The number of aldehydes is 1. The lowest BCUT2D eigenvalue weighted by Gasteiger charge is -2.05. The number of nitrogens with zero attached hydrogens (tertiary/aromatic N) is 2. The van der Waals surface area contributed by atoms with Crippen LogP contribution in [0.2, 0.25) is 5.15 Å². The monoisotopic (exact) mass is 286 g/mol. The highest BCUT2D eigenvalue weighted by molar-refractivity contribution is 6.34. The number of aromatic nitrogens is 2. The third-order valence-corrected chi connectivity index (χ3v) is 3.39. The van der Waals surface area contributed by atoms with E-state index in [0.29, 0.717) is 10.7 Å². The SMILES string of the molecule is COc1ccc(-n2nc(Cl)c3cc(C=O)ccc32)cc1. The van der Waals surface area contributed by atoms with Crippen molar-refractivity contribution in [1.29, 1.82) is 0 Å². The quantitative estimate of drug-likeness (QED) is 0.692. The molecular formula is C15H11ClN2O2. The van der Waals surface area contributed by atoms with Crippen LogP contribution in [0.3, 0.4) is 0 Å². The van der Waals surface area contributed by atoms with Gasteiger partial charge in [0.2, 0.25) is 0 Å². The molecule has 0 saturated heterocycles. The Morgan fingerprint density at radius 1 is 1.20 bits per heavy atom. The van der Waals surface area contributed by atoms with Crippen molar-refractivity contribution in [2.45, 2.75) is 0 Å². The molecule has 0 unspecified atom stereocenters. The van der Waals surface area contributed by atoms with E-state index in [1.807, 2.05) is 30.3 Å². The van der Waals surface area contributed by atoms with Gasteiger partial charge >= 0.3 is 0 Å². The van der Waals surface area contributed by atoms with Crippen LogP contribution < -0.4 is 4.74 Å². The Kier molecular flexibility index (Phi) is 3.16. The topological polar surface area (TPSA) is 44.1 Å². The van der Waals surface area contributed by atoms with Crippen molar-refractivity contribution in [2.24, 2.45) is 0 Å². The van der Waals surface area contributed by atoms with Crippen LogP contribution in [0.5, 0.6) is 5.75 Å². The summed E-state index contributed by atoms with van der Waals surface area (Å²) in [5, 5.41) is 5.45. The maximum absolute atomic E-state index is 10.8. The predicted molar refractivity (Wildman–Crippen MR) is 78.0 cm³/mol. The van der Waals surface area contributed by atoms with Crippen molar-refractivity contribution in [3.63, 3.8) is 0 Å². The van der Waals surface area contributed by atoms with E-state index >= 15 is 0 Å². The second-order valence-electron chi connectivity index (χ2n) is 4.30. The molecule has 0 spiro atoms. The molecule has 3 aromatic rings. The summed E-state index contributed by atoms with van der Waals surface area (Å²) in [6.07, 6.45) is 0.792. The van der Waals surface area contributed by atoms with Gasteiger partial charge in [-0.05, 0) is 42.5 Å². The second kappa shape index (κ2) is 4.98. The maximum atomic E-state index is 10.8. The fourth-order valence-corrected chi connectivity index (χ4v) is 2.32. The van der Waals surface area contributed by atoms with E-state index in [4.69, 9.17) is 16.3 Å². The van der Waals surface area contributed by atoms with Crippen molar-refractivity contribution in [3.05, 3.63) is 53.2 Å². The zero-order valence-electron chi connectivity index (χ0n) is 10.7. The minimum Gasteiger partial charge on any atom is -0.497 e. The summed E-state index contributed by atoms with van der Waals surface area (Å²) < 4.78 is 6.88. The Morgan fingerprint density at radius 2 is 1.95 bits per heavy atom. The molecule has 0 N–H and O–H groups in total. The van der Waals surface area contributed by atoms with Crippen molar-refractivity contribution >= 4 is 28.8 Å². The highest BCUT2D eigenvalue weighted by Crippen LogP contribution is 2.27. The third kappa shape index (κ3) is 2.04. The van der Waals surface area contributed by atoms with E-state index in [1.54, 1.807) is 23.9 Å². The van der Waals surface area contributed by atoms with Crippen LogP contribution in [0.1, 0.15) is 10.4 Å². The number of hydrogen-bond acceptors (Lipinski definition) is 3. The maximum Gasteiger partial charge on any atom is 0.159 e. The molecule has 3 rings (SSSR count). The number of carbonyl (C=O) groups excluding carboxylic acids is 1. The molecular weight excluding hydrogens is 276 g/mol. The molecule has 0 aliphatic heterocycles. The van der Waals surface area contributed by atoms with E-state index in [0.717, 1.165) is 28.6 Å². The van der Waals surface area contributed by atoms with Crippen molar-refractivity contribution in [3.8, 4) is 11.4 Å². The normalized spacial score (nSPS) is 10.7. The Labute approximate surface area is 120 Å². The molecule has 2 aromatic carbocycles. The first-order valence-electron chi connectivity index (χ1n) is 6.01. The van der Waals surface area contributed by atoms with Crippen LogP contribution >= 0.6 is 11.6 Å². The van der Waals surface area contributed by atoms with Gasteiger partial charge in [-0.1, -0.05) is 11.6 Å². The van der Waals surface area contributed by atoms with Gasteiger partial charge in [-0.3, -0.25) is 4.79 Å². The molecule has 0 radical (unpaired) electrons. The zero-order chi connectivity index (χ0) is 14.1. The summed E-state index contributed by atoms with van der Waals surface area (Å²) in [4.78, 5) is 10.8. The van der Waals surface area contributed by atoms with Crippen LogP contribution in [-0.4, -0.2) is 23.2 Å². The van der Waals surface area contributed by atoms with Crippen molar-refractivity contribution < 1.29 is 9.53 Å². The van der Waals surface area contributed by atoms with Gasteiger partial charge in [0.1, 0.15) is 12.0 Å². The molecule has 100 valence electrons. The number of halogens is 1. The fourth-order valence-electron chi connectivity index (χ4n) is 2.09. The van der Waals surface area contributed by atoms with Crippen LogP contribution in [0.15, 0.2) is 42.5 Å². The molecule has 0 fully saturated rings. The summed E-state index contributed by atoms with van der Waals surface area (Å²) in [6, 6.07) is 12.8. The molecule has 0 saturated carbocycles. The number of rotatable bonds is 3. The Morgan fingerprint density at radius 3 is 2.60 bits per heavy atom. The smallest absolute Gasteiger partial charge is 0.159 e. The van der Waals surface area contributed by atoms with Gasteiger partial charge in [0.05, 0.1) is 18.3 Å². The van der Waals surface area contributed by atoms with Crippen molar-refractivity contribution in [1.82, 2.24) is 9.78 Å². The largest absolute Gasteiger partial charge is 0.497 e. The first kappa shape index (κ1) is 12.7. The van der Waals surface area contributed by atoms with Crippen molar-refractivity contribution in [2.75, 3.05) is 7.11 Å². The van der Waals surface area contributed by atoms with E-state index in [2.05, 4.69) is 5.10 Å². The average molecular weight is 287 g/mol. The Balaban J connectivity index is 2.18. The molecule has 0 aliphatic carbocycles. The van der Waals surface area contributed by atoms with E-state index in [9.17, 15) is 4.79 Å². The first-order valence-corrected chi connectivity index (χ1v) is 6.38. The number of ether oxygens (including phenoxy) is 1. The van der Waals surface area contributed by atoms with Gasteiger partial charge in [0.15, 0.2) is 5.15 Å². The summed E-state index contributed by atoms with van der Waals surface area (Å²) >= 11 is 6.14. The van der Waals surface area contributed by atoms with Gasteiger partial charge in [-0.25, -0.2) is 4.68 Å². The highest BCUT2D eigenvalue weighted by atomic mass is 35.5. The minimum absolute atomic E-state index is 0.375. The number of carbonyl (C=O) groups is 1. The van der Waals surface area contributed by atoms with Gasteiger partial charge in [-0.2, -0.15) is 5.10 Å². The number of hydrogen-bond donors (Lipinski definition) is 0. The molecule has 0 aliphatic rings. The molecule has 0 amide bonds. The zero-order valence-corrected chi connectivity index (χ0v) is 11.5. The summed E-state index contributed by atoms with van der Waals surface area (Å²) in [7, 11) is 1.62. The average Bonchev–Trinajstić information content (AvgIpc) is 2.84. The van der Waals surface area contributed by atoms with Gasteiger partial charge in [0, 0.05) is 10.9 Å². The molecule has 0 bridgehead atoms. The third-order valence-electron chi connectivity index (χ3n) is 3.11. The van der Waals surface area contributed by atoms with Crippen LogP contribution in [0.4, 0.5) is 0 Å². The molecule has 20 heavy (non-hydrogen) atoms. The van der Waals surface area contributed by atoms with Gasteiger partial charge in [0.25, 0.3) is 0 Å². The minimum atomic E-state index is 0.375. The molecule has 1 aromatic heterocycles. The molecule has 0 atom stereocenters. The van der Waals surface area contributed by atoms with E-state index in [1.165, 1.54) is 0 Å². The number of fused-ring (bicyclic) bond motifs is 1. The van der Waals surface area contributed by atoms with E-state index < -0.39 is 0 Å². The molecule has 4 nitrogen and oxygen atoms in total. The summed E-state index contributed by atoms with van der Waals surface area (Å²) in [5.74, 6) is 0.777. The van der Waals surface area contributed by atoms with E-state index in [-0.39, 0.29) is 0 Å². The van der Waals surface area contributed by atoms with Crippen LogP contribution in [-0.2, 0) is 0 Å². The lowest BCUT2D eigenvalue weighted by Crippen LogP contribution is -1.96. The highest BCUT2D eigenvalue weighted by Gasteiger charge is 2.11. The van der Waals surface area contributed by atoms with Crippen LogP contribution in [0, 0.1) is 0 Å². The fraction of sp³-hybridized carbons (Fsp3) is 0.0667. The molecule has 5 heteroatoms. The lowest BCUT2D eigenvalue weighted by molar-refractivity contribution is 0.112. The Hall–Kier alpha value is -2.33. The second-order valence-corrected chi connectivity index (χ2v) is 4.65. The van der Waals surface area contributed by atoms with Gasteiger partial charge < -0.3 is 4.74 Å². The predicted octanol–water partition coefficient (Wildman–Crippen LogP) is 3.50. The van der Waals surface area contributed by atoms with Gasteiger partial charge in [-0.15, -0.1) is 0 Å². The van der Waals surface area contributed by atoms with Crippen LogP contribution in [0.25, 0.3) is 16.6 Å². The molecule has 1 heterocycles. The Bertz CT molecular complexity index is 778. The number of methoxy groups -OCH3 is 1. The number of benzene rings is 2. The standard InChI is InChI=1S/C15H11ClN2O2/c1-20-12-5-3-11(4-6-12)18-14-7-2-10(9-19)8-13(14)15(16)17-18/h2-9H,1H3. The first-order chi connectivity index (χ1) is 9.72. The summed E-state index contributed by atoms with van der Waals surface area (Å²) in [5.41, 5.74) is 2.31. The lowest BCUT2D eigenvalue weighted by atomic mass is 10.2.